The predicted molar refractivity (Wildman–Crippen MR) is 80.4 cm³/mol. The first-order valence-corrected chi connectivity index (χ1v) is 9.54. The summed E-state index contributed by atoms with van der Waals surface area (Å²) in [7, 11) is -3.49. The molecule has 1 N–H and O–H groups in total. The number of hydrogen-bond acceptors (Lipinski definition) is 3. The summed E-state index contributed by atoms with van der Waals surface area (Å²) >= 11 is 5.80. The molecule has 0 aromatic carbocycles. The monoisotopic (exact) mass is 326 g/mol. The average molecular weight is 327 g/mol. The molecule has 5 unspecified atom stereocenters. The molecule has 3 aliphatic rings. The van der Waals surface area contributed by atoms with Gasteiger partial charge in [0.25, 0.3) is 0 Å². The van der Waals surface area contributed by atoms with E-state index < -0.39 is 10.0 Å². The lowest BCUT2D eigenvalue weighted by molar-refractivity contribution is 0.224. The second kappa shape index (κ2) is 4.93. The van der Waals surface area contributed by atoms with E-state index in [0.29, 0.717) is 5.92 Å². The Morgan fingerprint density at radius 2 is 2.00 bits per heavy atom. The first-order chi connectivity index (χ1) is 10.0. The number of fused-ring (bicyclic) bond motifs is 5. The van der Waals surface area contributed by atoms with E-state index in [1.807, 2.05) is 0 Å². The van der Waals surface area contributed by atoms with Crippen LogP contribution in [-0.4, -0.2) is 19.4 Å². The van der Waals surface area contributed by atoms with Crippen LogP contribution in [-0.2, 0) is 10.0 Å². The Kier molecular flexibility index (Phi) is 3.28. The summed E-state index contributed by atoms with van der Waals surface area (Å²) in [4.78, 5) is 4.06. The number of sulfonamides is 1. The Balaban J connectivity index is 1.54. The molecule has 5 atom stereocenters. The van der Waals surface area contributed by atoms with Crippen molar-refractivity contribution < 1.29 is 8.42 Å². The summed E-state index contributed by atoms with van der Waals surface area (Å²) in [6.45, 7) is 0. The van der Waals surface area contributed by atoms with Crippen molar-refractivity contribution in [3.8, 4) is 0 Å². The van der Waals surface area contributed by atoms with Gasteiger partial charge in [-0.3, -0.25) is 0 Å². The van der Waals surface area contributed by atoms with Crippen LogP contribution >= 0.6 is 11.6 Å². The summed E-state index contributed by atoms with van der Waals surface area (Å²) < 4.78 is 28.0. The lowest BCUT2D eigenvalue weighted by atomic mass is 9.79. The molecule has 3 aliphatic carbocycles. The van der Waals surface area contributed by atoms with Gasteiger partial charge in [-0.05, 0) is 61.5 Å². The number of nitrogens with one attached hydrogen (secondary N) is 1. The highest BCUT2D eigenvalue weighted by molar-refractivity contribution is 7.89. The minimum absolute atomic E-state index is 0.103. The molecular weight excluding hydrogens is 308 g/mol. The molecule has 21 heavy (non-hydrogen) atoms. The van der Waals surface area contributed by atoms with Gasteiger partial charge in [-0.25, -0.2) is 18.1 Å². The summed E-state index contributed by atoms with van der Waals surface area (Å²) in [5.74, 6) is 2.88. The molecule has 114 valence electrons. The maximum atomic E-state index is 12.5. The van der Waals surface area contributed by atoms with Crippen LogP contribution in [0.15, 0.2) is 23.2 Å². The van der Waals surface area contributed by atoms with Crippen LogP contribution in [0.3, 0.4) is 0 Å². The maximum absolute atomic E-state index is 12.5. The van der Waals surface area contributed by atoms with Gasteiger partial charge in [-0.2, -0.15) is 0 Å². The van der Waals surface area contributed by atoms with Crippen molar-refractivity contribution in [2.75, 3.05) is 0 Å². The Bertz CT molecular complexity index is 663. The van der Waals surface area contributed by atoms with Gasteiger partial charge in [0, 0.05) is 12.2 Å². The third-order valence-electron chi connectivity index (χ3n) is 5.74. The molecule has 0 saturated heterocycles. The summed E-state index contributed by atoms with van der Waals surface area (Å²) in [6.07, 6.45) is 7.60. The molecule has 0 spiro atoms. The zero-order valence-electron chi connectivity index (χ0n) is 11.7. The van der Waals surface area contributed by atoms with Gasteiger partial charge < -0.3 is 0 Å². The van der Waals surface area contributed by atoms with Crippen molar-refractivity contribution in [3.63, 3.8) is 0 Å². The Morgan fingerprint density at radius 1 is 1.19 bits per heavy atom. The molecule has 6 heteroatoms. The van der Waals surface area contributed by atoms with Crippen LogP contribution < -0.4 is 4.72 Å². The van der Waals surface area contributed by atoms with E-state index in [9.17, 15) is 8.42 Å². The van der Waals surface area contributed by atoms with E-state index in [1.165, 1.54) is 44.0 Å². The normalized spacial score (nSPS) is 37.9. The topological polar surface area (TPSA) is 59.1 Å². The number of halogens is 1. The average Bonchev–Trinajstić information content (AvgIpc) is 3.09. The fourth-order valence-corrected chi connectivity index (χ4v) is 6.57. The van der Waals surface area contributed by atoms with Gasteiger partial charge in [-0.15, -0.1) is 0 Å². The minimum Gasteiger partial charge on any atom is -0.244 e. The first kappa shape index (κ1) is 14.0. The molecule has 4 rings (SSSR count). The SMILES string of the molecule is O=S(=O)(NC1CC2CC1C1CCCC21)c1ccnc(Cl)c1. The number of aromatic nitrogens is 1. The molecule has 0 amide bonds. The summed E-state index contributed by atoms with van der Waals surface area (Å²) in [5, 5.41) is 0.210. The highest BCUT2D eigenvalue weighted by atomic mass is 35.5. The number of rotatable bonds is 3. The molecule has 1 heterocycles. The second-order valence-corrected chi connectivity index (χ2v) is 8.80. The van der Waals surface area contributed by atoms with Gasteiger partial charge in [0.05, 0.1) is 4.90 Å². The molecule has 0 aliphatic heterocycles. The van der Waals surface area contributed by atoms with Crippen LogP contribution in [0.5, 0.6) is 0 Å². The zero-order valence-corrected chi connectivity index (χ0v) is 13.3. The van der Waals surface area contributed by atoms with E-state index in [-0.39, 0.29) is 16.1 Å². The number of hydrogen-bond donors (Lipinski definition) is 1. The Hall–Kier alpha value is -0.650. The van der Waals surface area contributed by atoms with Crippen molar-refractivity contribution >= 4 is 21.6 Å². The van der Waals surface area contributed by atoms with Crippen molar-refractivity contribution in [1.29, 1.82) is 0 Å². The maximum Gasteiger partial charge on any atom is 0.240 e. The third kappa shape index (κ3) is 2.30. The van der Waals surface area contributed by atoms with E-state index in [0.717, 1.165) is 24.2 Å². The van der Waals surface area contributed by atoms with Crippen molar-refractivity contribution in [3.05, 3.63) is 23.5 Å². The highest BCUT2D eigenvalue weighted by Crippen LogP contribution is 2.58. The first-order valence-electron chi connectivity index (χ1n) is 7.68. The number of pyridine rings is 1. The fraction of sp³-hybridized carbons (Fsp3) is 0.667. The van der Waals surface area contributed by atoms with Crippen LogP contribution in [0.25, 0.3) is 0 Å². The van der Waals surface area contributed by atoms with E-state index in [2.05, 4.69) is 9.71 Å². The lowest BCUT2D eigenvalue weighted by Gasteiger charge is -2.31. The standard InChI is InChI=1S/C15H19ClN2O2S/c16-15-8-10(4-5-17-15)21(19,20)18-14-7-9-6-13(14)12-3-1-2-11(9)12/h4-5,8-9,11-14,18H,1-3,6-7H2. The highest BCUT2D eigenvalue weighted by Gasteiger charge is 2.54. The Morgan fingerprint density at radius 3 is 2.81 bits per heavy atom. The van der Waals surface area contributed by atoms with Crippen LogP contribution in [0.2, 0.25) is 5.15 Å². The zero-order chi connectivity index (χ0) is 14.6. The van der Waals surface area contributed by atoms with Crippen LogP contribution in [0.1, 0.15) is 32.1 Å². The second-order valence-electron chi connectivity index (χ2n) is 6.70. The van der Waals surface area contributed by atoms with Crippen LogP contribution in [0.4, 0.5) is 0 Å². The van der Waals surface area contributed by atoms with Gasteiger partial charge in [0.2, 0.25) is 10.0 Å². The predicted octanol–water partition coefficient (Wildman–Crippen LogP) is 2.84. The molecule has 1 aromatic rings. The summed E-state index contributed by atoms with van der Waals surface area (Å²) in [5.41, 5.74) is 0. The van der Waals surface area contributed by atoms with Crippen molar-refractivity contribution in [2.45, 2.75) is 43.0 Å². The van der Waals surface area contributed by atoms with E-state index in [1.54, 1.807) is 0 Å². The quantitative estimate of drug-likeness (QED) is 0.869. The largest absolute Gasteiger partial charge is 0.244 e. The van der Waals surface area contributed by atoms with Gasteiger partial charge in [-0.1, -0.05) is 18.0 Å². The molecule has 0 radical (unpaired) electrons. The fourth-order valence-electron chi connectivity index (χ4n) is 5.02. The smallest absolute Gasteiger partial charge is 0.240 e. The van der Waals surface area contributed by atoms with Gasteiger partial charge in [0.1, 0.15) is 5.15 Å². The van der Waals surface area contributed by atoms with Crippen LogP contribution in [0, 0.1) is 23.7 Å². The molecule has 2 bridgehead atoms. The van der Waals surface area contributed by atoms with Gasteiger partial charge >= 0.3 is 0 Å². The molecule has 3 fully saturated rings. The van der Waals surface area contributed by atoms with Crippen molar-refractivity contribution in [1.82, 2.24) is 9.71 Å². The van der Waals surface area contributed by atoms with Gasteiger partial charge in [0.15, 0.2) is 0 Å². The molecule has 4 nitrogen and oxygen atoms in total. The minimum atomic E-state index is -3.49. The number of nitrogens with zero attached hydrogens (tertiary/aromatic N) is 1. The summed E-state index contributed by atoms with van der Waals surface area (Å²) in [6, 6.07) is 3.02. The van der Waals surface area contributed by atoms with E-state index in [4.69, 9.17) is 11.6 Å². The Labute approximate surface area is 130 Å². The van der Waals surface area contributed by atoms with Crippen molar-refractivity contribution in [2.24, 2.45) is 23.7 Å². The molecule has 3 saturated carbocycles. The molecule has 1 aromatic heterocycles. The molecular formula is C15H19ClN2O2S. The lowest BCUT2D eigenvalue weighted by Crippen LogP contribution is -2.42. The third-order valence-corrected chi connectivity index (χ3v) is 7.44. The van der Waals surface area contributed by atoms with E-state index >= 15 is 0 Å².